The van der Waals surface area contributed by atoms with Gasteiger partial charge in [0.25, 0.3) is 0 Å². The highest BCUT2D eigenvalue weighted by atomic mass is 16.4. The molecule has 0 aliphatic heterocycles. The number of rotatable bonds is 5. The summed E-state index contributed by atoms with van der Waals surface area (Å²) in [7, 11) is 0. The van der Waals surface area contributed by atoms with Gasteiger partial charge in [0.15, 0.2) is 0 Å². The molecule has 2 unspecified atom stereocenters. The molecule has 2 atom stereocenters. The van der Waals surface area contributed by atoms with Crippen molar-refractivity contribution in [2.75, 3.05) is 6.54 Å². The minimum absolute atomic E-state index is 0.0615. The van der Waals surface area contributed by atoms with Gasteiger partial charge < -0.3 is 16.2 Å². The molecule has 17 heavy (non-hydrogen) atoms. The van der Waals surface area contributed by atoms with Gasteiger partial charge in [-0.2, -0.15) is 0 Å². The second-order valence-electron chi connectivity index (χ2n) is 4.00. The maximum Gasteiger partial charge on any atom is 0.307 e. The number of hydrogen-bond donors (Lipinski definition) is 3. The molecule has 0 radical (unpaired) electrons. The van der Waals surface area contributed by atoms with Crippen LogP contribution in [0.1, 0.15) is 19.3 Å². The first-order valence-corrected chi connectivity index (χ1v) is 5.46. The fraction of sp³-hybridized carbons (Fsp3) is 0.545. The first-order valence-electron chi connectivity index (χ1n) is 5.46. The number of hydrogen-bond acceptors (Lipinski definition) is 3. The van der Waals surface area contributed by atoms with Crippen LogP contribution < -0.4 is 11.1 Å². The molecule has 6 nitrogen and oxygen atoms in total. The van der Waals surface area contributed by atoms with E-state index in [1.54, 1.807) is 12.2 Å². The number of amides is 2. The smallest absolute Gasteiger partial charge is 0.307 e. The zero-order valence-corrected chi connectivity index (χ0v) is 9.39. The van der Waals surface area contributed by atoms with Gasteiger partial charge in [0, 0.05) is 13.0 Å². The first kappa shape index (κ1) is 13.2. The molecular weight excluding hydrogens is 224 g/mol. The summed E-state index contributed by atoms with van der Waals surface area (Å²) in [6, 6.07) is 0. The van der Waals surface area contributed by atoms with Gasteiger partial charge >= 0.3 is 5.97 Å². The van der Waals surface area contributed by atoms with Gasteiger partial charge in [-0.15, -0.1) is 0 Å². The molecule has 94 valence electrons. The number of carbonyl (C=O) groups excluding carboxylic acids is 2. The van der Waals surface area contributed by atoms with Crippen LogP contribution >= 0.6 is 0 Å². The topological polar surface area (TPSA) is 109 Å². The number of carboxylic acid groups (broad SMARTS) is 1. The number of aliphatic carboxylic acids is 1. The molecule has 0 fully saturated rings. The fourth-order valence-corrected chi connectivity index (χ4v) is 1.82. The van der Waals surface area contributed by atoms with Gasteiger partial charge in [0.05, 0.1) is 11.8 Å². The molecule has 0 saturated carbocycles. The Balaban J connectivity index is 2.51. The van der Waals surface area contributed by atoms with Crippen LogP contribution in [0.4, 0.5) is 0 Å². The van der Waals surface area contributed by atoms with E-state index in [2.05, 4.69) is 5.32 Å². The van der Waals surface area contributed by atoms with E-state index in [1.165, 1.54) is 0 Å². The Bertz CT molecular complexity index is 351. The van der Waals surface area contributed by atoms with Crippen molar-refractivity contribution in [3.8, 4) is 0 Å². The normalized spacial score (nSPS) is 23.1. The summed E-state index contributed by atoms with van der Waals surface area (Å²) in [5.74, 6) is -3.05. The third-order valence-electron chi connectivity index (χ3n) is 2.76. The minimum Gasteiger partial charge on any atom is -0.481 e. The van der Waals surface area contributed by atoms with Crippen molar-refractivity contribution in [1.82, 2.24) is 5.32 Å². The third-order valence-corrected chi connectivity index (χ3v) is 2.76. The first-order chi connectivity index (χ1) is 8.02. The largest absolute Gasteiger partial charge is 0.481 e. The zero-order chi connectivity index (χ0) is 12.8. The van der Waals surface area contributed by atoms with E-state index in [-0.39, 0.29) is 18.9 Å². The summed E-state index contributed by atoms with van der Waals surface area (Å²) in [5.41, 5.74) is 4.94. The van der Waals surface area contributed by atoms with E-state index in [9.17, 15) is 14.4 Å². The lowest BCUT2D eigenvalue weighted by Crippen LogP contribution is -2.39. The maximum absolute atomic E-state index is 11.7. The second-order valence-corrected chi connectivity index (χ2v) is 4.00. The molecule has 0 aromatic heterocycles. The van der Waals surface area contributed by atoms with E-state index < -0.39 is 23.7 Å². The van der Waals surface area contributed by atoms with E-state index in [0.717, 1.165) is 0 Å². The van der Waals surface area contributed by atoms with E-state index in [1.807, 2.05) is 0 Å². The van der Waals surface area contributed by atoms with Crippen LogP contribution in [0.15, 0.2) is 12.2 Å². The Kier molecular flexibility index (Phi) is 4.68. The quantitative estimate of drug-likeness (QED) is 0.570. The Hall–Kier alpha value is -1.85. The standard InChI is InChI=1S/C11H16N2O4/c12-9(14)5-6-13-10(15)7-3-1-2-4-8(7)11(16)17/h1-2,7-8H,3-6H2,(H2,12,14)(H,13,15)(H,16,17). The van der Waals surface area contributed by atoms with E-state index in [0.29, 0.717) is 12.8 Å². The Morgan fingerprint density at radius 2 is 1.82 bits per heavy atom. The third kappa shape index (κ3) is 3.90. The molecule has 1 aliphatic rings. The van der Waals surface area contributed by atoms with Crippen molar-refractivity contribution in [2.24, 2.45) is 17.6 Å². The highest BCUT2D eigenvalue weighted by Crippen LogP contribution is 2.25. The SMILES string of the molecule is NC(=O)CCNC(=O)C1CC=CCC1C(=O)O. The molecule has 2 amide bonds. The van der Waals surface area contributed by atoms with Crippen molar-refractivity contribution in [2.45, 2.75) is 19.3 Å². The fourth-order valence-electron chi connectivity index (χ4n) is 1.82. The number of carboxylic acids is 1. The summed E-state index contributed by atoms with van der Waals surface area (Å²) >= 11 is 0. The average Bonchev–Trinajstić information content (AvgIpc) is 2.28. The molecule has 0 heterocycles. The number of nitrogens with one attached hydrogen (secondary N) is 1. The molecule has 0 aromatic carbocycles. The lowest BCUT2D eigenvalue weighted by molar-refractivity contribution is -0.147. The molecule has 1 aliphatic carbocycles. The highest BCUT2D eigenvalue weighted by molar-refractivity contribution is 5.85. The molecule has 0 aromatic rings. The predicted molar refractivity (Wildman–Crippen MR) is 59.8 cm³/mol. The van der Waals surface area contributed by atoms with Crippen LogP contribution in [-0.4, -0.2) is 29.4 Å². The molecule has 1 rings (SSSR count). The average molecular weight is 240 g/mol. The molecule has 6 heteroatoms. The van der Waals surface area contributed by atoms with Crippen LogP contribution in [0, 0.1) is 11.8 Å². The van der Waals surface area contributed by atoms with Crippen molar-refractivity contribution in [3.05, 3.63) is 12.2 Å². The zero-order valence-electron chi connectivity index (χ0n) is 9.39. The van der Waals surface area contributed by atoms with E-state index >= 15 is 0 Å². The van der Waals surface area contributed by atoms with Crippen LogP contribution in [0.3, 0.4) is 0 Å². The summed E-state index contributed by atoms with van der Waals surface area (Å²) in [5, 5.41) is 11.5. The molecule has 0 spiro atoms. The Morgan fingerprint density at radius 1 is 1.24 bits per heavy atom. The lowest BCUT2D eigenvalue weighted by atomic mass is 9.82. The minimum atomic E-state index is -0.968. The molecular formula is C11H16N2O4. The molecule has 4 N–H and O–H groups in total. The molecule has 0 saturated heterocycles. The van der Waals surface area contributed by atoms with Crippen LogP contribution in [0.5, 0.6) is 0 Å². The summed E-state index contributed by atoms with van der Waals surface area (Å²) in [6.07, 6.45) is 4.42. The lowest BCUT2D eigenvalue weighted by Gasteiger charge is -2.24. The maximum atomic E-state index is 11.7. The van der Waals surface area contributed by atoms with Crippen molar-refractivity contribution >= 4 is 17.8 Å². The van der Waals surface area contributed by atoms with Crippen molar-refractivity contribution in [3.63, 3.8) is 0 Å². The van der Waals surface area contributed by atoms with Gasteiger partial charge in [-0.1, -0.05) is 12.2 Å². The highest BCUT2D eigenvalue weighted by Gasteiger charge is 2.33. The van der Waals surface area contributed by atoms with Gasteiger partial charge in [-0.25, -0.2) is 0 Å². The van der Waals surface area contributed by atoms with Crippen LogP contribution in [-0.2, 0) is 14.4 Å². The predicted octanol–water partition coefficient (Wildman–Crippen LogP) is -0.355. The number of allylic oxidation sites excluding steroid dienone is 2. The summed E-state index contributed by atoms with van der Waals surface area (Å²) in [6.45, 7) is 0.153. The van der Waals surface area contributed by atoms with Crippen LogP contribution in [0.25, 0.3) is 0 Å². The second kappa shape index (κ2) is 6.03. The van der Waals surface area contributed by atoms with Crippen molar-refractivity contribution in [1.29, 1.82) is 0 Å². The monoisotopic (exact) mass is 240 g/mol. The Morgan fingerprint density at radius 3 is 2.35 bits per heavy atom. The molecule has 0 bridgehead atoms. The van der Waals surface area contributed by atoms with Gasteiger partial charge in [-0.05, 0) is 12.8 Å². The Labute approximate surface area is 98.9 Å². The number of primary amides is 1. The van der Waals surface area contributed by atoms with Crippen LogP contribution in [0.2, 0.25) is 0 Å². The summed E-state index contributed by atoms with van der Waals surface area (Å²) in [4.78, 5) is 33.2. The van der Waals surface area contributed by atoms with Crippen molar-refractivity contribution < 1.29 is 19.5 Å². The van der Waals surface area contributed by atoms with Gasteiger partial charge in [0.2, 0.25) is 11.8 Å². The van der Waals surface area contributed by atoms with E-state index in [4.69, 9.17) is 10.8 Å². The van der Waals surface area contributed by atoms with Gasteiger partial charge in [0.1, 0.15) is 0 Å². The summed E-state index contributed by atoms with van der Waals surface area (Å²) < 4.78 is 0. The number of nitrogens with two attached hydrogens (primary N) is 1. The number of carbonyl (C=O) groups is 3. The van der Waals surface area contributed by atoms with Gasteiger partial charge in [-0.3, -0.25) is 14.4 Å².